The predicted molar refractivity (Wildman–Crippen MR) is 93.3 cm³/mol. The van der Waals surface area contributed by atoms with Crippen LogP contribution in [-0.4, -0.2) is 11.6 Å². The summed E-state index contributed by atoms with van der Waals surface area (Å²) in [4.78, 5) is 23.5. The summed E-state index contributed by atoms with van der Waals surface area (Å²) in [5, 5.41) is 0. The first-order valence-electron chi connectivity index (χ1n) is 8.34. The van der Waals surface area contributed by atoms with Crippen LogP contribution >= 0.6 is 0 Å². The fourth-order valence-corrected chi connectivity index (χ4v) is 3.59. The van der Waals surface area contributed by atoms with Crippen LogP contribution in [0.4, 0.5) is 0 Å². The molecule has 0 heterocycles. The smallest absolute Gasteiger partial charge is 0.140 e. The minimum Gasteiger partial charge on any atom is -0.489 e. The summed E-state index contributed by atoms with van der Waals surface area (Å²) in [5.74, 6) is 0.951. The van der Waals surface area contributed by atoms with Crippen LogP contribution in [0.1, 0.15) is 47.4 Å². The third-order valence-corrected chi connectivity index (χ3v) is 4.57. The van der Waals surface area contributed by atoms with Crippen molar-refractivity contribution in [1.82, 2.24) is 0 Å². The quantitative estimate of drug-likeness (QED) is 0.789. The fraction of sp³-hybridized carbons (Fsp3) is 0.333. The lowest BCUT2D eigenvalue weighted by atomic mass is 9.79. The lowest BCUT2D eigenvalue weighted by Crippen LogP contribution is -2.22. The Bertz CT molecular complexity index is 723. The maximum atomic E-state index is 11.8. The van der Waals surface area contributed by atoms with E-state index in [1.54, 1.807) is 0 Å². The Labute approximate surface area is 142 Å². The molecule has 1 aliphatic rings. The molecule has 3 heteroatoms. The number of rotatable bonds is 4. The Morgan fingerprint density at radius 3 is 2.12 bits per heavy atom. The van der Waals surface area contributed by atoms with Crippen molar-refractivity contribution in [3.8, 4) is 5.75 Å². The molecule has 24 heavy (non-hydrogen) atoms. The minimum absolute atomic E-state index is 0.0157. The molecule has 1 saturated carbocycles. The van der Waals surface area contributed by atoms with Gasteiger partial charge in [0.15, 0.2) is 0 Å². The van der Waals surface area contributed by atoms with Gasteiger partial charge in [0.05, 0.1) is 6.42 Å². The Balaban J connectivity index is 1.78. The first-order chi connectivity index (χ1) is 11.5. The highest BCUT2D eigenvalue weighted by molar-refractivity contribution is 6.02. The molecule has 3 nitrogen and oxygen atoms in total. The topological polar surface area (TPSA) is 43.4 Å². The molecule has 0 spiro atoms. The molecule has 0 amide bonds. The molecule has 0 aromatic heterocycles. The van der Waals surface area contributed by atoms with Crippen LogP contribution in [0.5, 0.6) is 5.75 Å². The highest BCUT2D eigenvalue weighted by Gasteiger charge is 2.28. The van der Waals surface area contributed by atoms with Crippen molar-refractivity contribution in [3.05, 3.63) is 64.7 Å². The molecule has 0 unspecified atom stereocenters. The summed E-state index contributed by atoms with van der Waals surface area (Å²) in [6.07, 6.45) is 1.04. The number of ketones is 2. The molecule has 2 aromatic carbocycles. The Morgan fingerprint density at radius 2 is 1.54 bits per heavy atom. The molecule has 0 atom stereocenters. The van der Waals surface area contributed by atoms with Gasteiger partial charge < -0.3 is 4.74 Å². The Morgan fingerprint density at radius 1 is 0.958 bits per heavy atom. The molecule has 3 rings (SSSR count). The SMILES string of the molecule is Cc1cc(OCc2ccccc2)cc(C)c1C1CC(=O)CC(=O)C1. The Hall–Kier alpha value is -2.42. The van der Waals surface area contributed by atoms with Crippen LogP contribution < -0.4 is 4.74 Å². The highest BCUT2D eigenvalue weighted by atomic mass is 16.5. The van der Waals surface area contributed by atoms with Crippen LogP contribution in [-0.2, 0) is 16.2 Å². The van der Waals surface area contributed by atoms with Gasteiger partial charge in [-0.25, -0.2) is 0 Å². The maximum absolute atomic E-state index is 11.8. The van der Waals surface area contributed by atoms with Gasteiger partial charge in [-0.05, 0) is 54.2 Å². The Kier molecular flexibility index (Phi) is 4.79. The summed E-state index contributed by atoms with van der Waals surface area (Å²) in [6, 6.07) is 14.1. The molecule has 0 aliphatic heterocycles. The number of hydrogen-bond donors (Lipinski definition) is 0. The number of benzene rings is 2. The van der Waals surface area contributed by atoms with E-state index in [1.807, 2.05) is 56.3 Å². The fourth-order valence-electron chi connectivity index (χ4n) is 3.59. The van der Waals surface area contributed by atoms with E-state index in [2.05, 4.69) is 0 Å². The van der Waals surface area contributed by atoms with Crippen LogP contribution in [0.3, 0.4) is 0 Å². The van der Waals surface area contributed by atoms with Crippen molar-refractivity contribution in [2.75, 3.05) is 0 Å². The third-order valence-electron chi connectivity index (χ3n) is 4.57. The summed E-state index contributed by atoms with van der Waals surface area (Å²) in [5.41, 5.74) is 4.43. The molecule has 1 aliphatic carbocycles. The van der Waals surface area contributed by atoms with E-state index in [-0.39, 0.29) is 23.9 Å². The van der Waals surface area contributed by atoms with Crippen LogP contribution in [0.25, 0.3) is 0 Å². The minimum atomic E-state index is 0.0157. The summed E-state index contributed by atoms with van der Waals surface area (Å²) in [7, 11) is 0. The lowest BCUT2D eigenvalue weighted by Gasteiger charge is -2.24. The molecular weight excluding hydrogens is 300 g/mol. The molecule has 2 aromatic rings. The number of ether oxygens (including phenoxy) is 1. The van der Waals surface area contributed by atoms with Crippen molar-refractivity contribution >= 4 is 11.6 Å². The summed E-state index contributed by atoms with van der Waals surface area (Å²) >= 11 is 0. The standard InChI is InChI=1S/C21H22O3/c1-14-8-20(24-13-16-6-4-3-5-7-16)9-15(2)21(14)17-10-18(22)12-19(23)11-17/h3-9,17H,10-13H2,1-2H3. The molecule has 1 fully saturated rings. The lowest BCUT2D eigenvalue weighted by molar-refractivity contribution is -0.130. The molecule has 0 bridgehead atoms. The number of carbonyl (C=O) groups is 2. The average molecular weight is 322 g/mol. The summed E-state index contributed by atoms with van der Waals surface area (Å²) < 4.78 is 5.90. The number of aryl methyl sites for hydroxylation is 2. The van der Waals surface area contributed by atoms with Gasteiger partial charge in [-0.2, -0.15) is 0 Å². The van der Waals surface area contributed by atoms with E-state index < -0.39 is 0 Å². The predicted octanol–water partition coefficient (Wildman–Crippen LogP) is 4.29. The van der Waals surface area contributed by atoms with E-state index in [4.69, 9.17) is 4.74 Å². The van der Waals surface area contributed by atoms with Gasteiger partial charge in [0.1, 0.15) is 23.9 Å². The largest absolute Gasteiger partial charge is 0.489 e. The van der Waals surface area contributed by atoms with Gasteiger partial charge in [-0.15, -0.1) is 0 Å². The first-order valence-corrected chi connectivity index (χ1v) is 8.34. The van der Waals surface area contributed by atoms with Gasteiger partial charge in [0.2, 0.25) is 0 Å². The van der Waals surface area contributed by atoms with Crippen LogP contribution in [0, 0.1) is 13.8 Å². The van der Waals surface area contributed by atoms with E-state index in [0.29, 0.717) is 19.4 Å². The molecule has 124 valence electrons. The van der Waals surface area contributed by atoms with E-state index >= 15 is 0 Å². The van der Waals surface area contributed by atoms with Crippen LogP contribution in [0.2, 0.25) is 0 Å². The zero-order chi connectivity index (χ0) is 17.1. The van der Waals surface area contributed by atoms with Crippen molar-refractivity contribution in [3.63, 3.8) is 0 Å². The second kappa shape index (κ2) is 7.00. The van der Waals surface area contributed by atoms with Crippen molar-refractivity contribution in [1.29, 1.82) is 0 Å². The normalized spacial score (nSPS) is 15.6. The van der Waals surface area contributed by atoms with Gasteiger partial charge in [0.25, 0.3) is 0 Å². The zero-order valence-corrected chi connectivity index (χ0v) is 14.2. The number of Topliss-reactive ketones (excluding diaryl/α,β-unsaturated/α-hetero) is 2. The van der Waals surface area contributed by atoms with Crippen LogP contribution in [0.15, 0.2) is 42.5 Å². The number of carbonyl (C=O) groups excluding carboxylic acids is 2. The van der Waals surface area contributed by atoms with E-state index in [0.717, 1.165) is 28.0 Å². The maximum Gasteiger partial charge on any atom is 0.140 e. The van der Waals surface area contributed by atoms with Crippen molar-refractivity contribution < 1.29 is 14.3 Å². The van der Waals surface area contributed by atoms with Gasteiger partial charge in [-0.3, -0.25) is 9.59 Å². The van der Waals surface area contributed by atoms with Gasteiger partial charge in [-0.1, -0.05) is 30.3 Å². The highest BCUT2D eigenvalue weighted by Crippen LogP contribution is 2.35. The molecule has 0 N–H and O–H groups in total. The van der Waals surface area contributed by atoms with E-state index in [9.17, 15) is 9.59 Å². The van der Waals surface area contributed by atoms with Crippen molar-refractivity contribution in [2.24, 2.45) is 0 Å². The van der Waals surface area contributed by atoms with Gasteiger partial charge >= 0.3 is 0 Å². The summed E-state index contributed by atoms with van der Waals surface area (Å²) in [6.45, 7) is 4.59. The molecule has 0 saturated heterocycles. The number of hydrogen-bond acceptors (Lipinski definition) is 3. The zero-order valence-electron chi connectivity index (χ0n) is 14.2. The molecule has 0 radical (unpaired) electrons. The average Bonchev–Trinajstić information content (AvgIpc) is 2.52. The first kappa shape index (κ1) is 16.4. The third kappa shape index (κ3) is 3.73. The molecular formula is C21H22O3. The monoisotopic (exact) mass is 322 g/mol. The van der Waals surface area contributed by atoms with E-state index in [1.165, 1.54) is 0 Å². The second-order valence-corrected chi connectivity index (χ2v) is 6.60. The van der Waals surface area contributed by atoms with Crippen molar-refractivity contribution in [2.45, 2.75) is 45.6 Å². The second-order valence-electron chi connectivity index (χ2n) is 6.60. The van der Waals surface area contributed by atoms with Gasteiger partial charge in [0, 0.05) is 12.8 Å².